The number of aryl methyl sites for hydroxylation is 1. The van der Waals surface area contributed by atoms with Gasteiger partial charge in [0.2, 0.25) is 0 Å². The predicted octanol–water partition coefficient (Wildman–Crippen LogP) is 7.07. The van der Waals surface area contributed by atoms with Crippen molar-refractivity contribution in [2.75, 3.05) is 0 Å². The highest BCUT2D eigenvalue weighted by molar-refractivity contribution is 6.32. The predicted molar refractivity (Wildman–Crippen MR) is 133 cm³/mol. The van der Waals surface area contributed by atoms with E-state index in [0.717, 1.165) is 12.1 Å². The summed E-state index contributed by atoms with van der Waals surface area (Å²) in [6.45, 7) is 1.76. The van der Waals surface area contributed by atoms with Crippen LogP contribution < -0.4 is 10.5 Å². The minimum absolute atomic E-state index is 0.00884. The molecule has 1 heterocycles. The van der Waals surface area contributed by atoms with Crippen LogP contribution in [-0.4, -0.2) is 15.7 Å². The zero-order valence-electron chi connectivity index (χ0n) is 19.2. The lowest BCUT2D eigenvalue weighted by molar-refractivity contribution is -0.137. The highest BCUT2D eigenvalue weighted by atomic mass is 35.5. The van der Waals surface area contributed by atoms with Crippen LogP contribution in [-0.2, 0) is 19.8 Å². The minimum atomic E-state index is -4.52. The van der Waals surface area contributed by atoms with Gasteiger partial charge in [-0.15, -0.1) is 0 Å². The Hall–Kier alpha value is -3.49. The Morgan fingerprint density at radius 1 is 1.08 bits per heavy atom. The minimum Gasteiger partial charge on any atom is -0.489 e. The van der Waals surface area contributed by atoms with Crippen LogP contribution in [0.5, 0.6) is 5.75 Å². The molecule has 0 fully saturated rings. The number of hydrogen-bond acceptors (Lipinski definition) is 3. The number of amides is 1. The number of benzene rings is 3. The Kier molecular flexibility index (Phi) is 7.02. The van der Waals surface area contributed by atoms with Gasteiger partial charge in [0, 0.05) is 28.2 Å². The average Bonchev–Trinajstić information content (AvgIpc) is 3.21. The summed E-state index contributed by atoms with van der Waals surface area (Å²) < 4.78 is 47.9. The molecule has 0 aliphatic rings. The van der Waals surface area contributed by atoms with Crippen LogP contribution >= 0.6 is 23.2 Å². The number of hydrogen-bond donors (Lipinski definition) is 1. The summed E-state index contributed by atoms with van der Waals surface area (Å²) in [4.78, 5) is 11.7. The first-order valence-electron chi connectivity index (χ1n) is 10.7. The van der Waals surface area contributed by atoms with Crippen molar-refractivity contribution in [3.8, 4) is 28.1 Å². The highest BCUT2D eigenvalue weighted by Crippen LogP contribution is 2.41. The molecule has 10 heteroatoms. The number of aromatic nitrogens is 2. The van der Waals surface area contributed by atoms with E-state index < -0.39 is 17.6 Å². The fourth-order valence-electron chi connectivity index (χ4n) is 3.98. The molecule has 1 aromatic heterocycles. The molecule has 2 N–H and O–H groups in total. The van der Waals surface area contributed by atoms with Crippen molar-refractivity contribution in [1.82, 2.24) is 9.78 Å². The van der Waals surface area contributed by atoms with Crippen LogP contribution in [0.1, 0.15) is 27.2 Å². The van der Waals surface area contributed by atoms with Gasteiger partial charge < -0.3 is 10.5 Å². The normalized spacial score (nSPS) is 11.5. The van der Waals surface area contributed by atoms with Crippen molar-refractivity contribution in [3.63, 3.8) is 0 Å². The smallest absolute Gasteiger partial charge is 0.416 e. The fourth-order valence-corrected chi connectivity index (χ4v) is 4.36. The zero-order chi connectivity index (χ0) is 26.2. The van der Waals surface area contributed by atoms with E-state index in [1.807, 2.05) is 0 Å². The van der Waals surface area contributed by atoms with E-state index in [4.69, 9.17) is 33.7 Å². The van der Waals surface area contributed by atoms with Crippen LogP contribution in [0.2, 0.25) is 10.0 Å². The molecule has 0 bridgehead atoms. The lowest BCUT2D eigenvalue weighted by atomic mass is 9.89. The molecular formula is C26H20Cl2F3N3O2. The van der Waals surface area contributed by atoms with E-state index in [1.165, 1.54) is 16.8 Å². The number of nitrogens with two attached hydrogens (primary N) is 1. The largest absolute Gasteiger partial charge is 0.489 e. The summed E-state index contributed by atoms with van der Waals surface area (Å²) in [5.41, 5.74) is 7.70. The molecule has 4 rings (SSSR count). The highest BCUT2D eigenvalue weighted by Gasteiger charge is 2.31. The summed E-state index contributed by atoms with van der Waals surface area (Å²) in [5, 5.41) is 4.94. The lowest BCUT2D eigenvalue weighted by Crippen LogP contribution is -2.11. The number of carbonyl (C=O) groups is 1. The van der Waals surface area contributed by atoms with Crippen molar-refractivity contribution in [1.29, 1.82) is 0 Å². The van der Waals surface area contributed by atoms with Gasteiger partial charge in [0.05, 0.1) is 11.3 Å². The summed E-state index contributed by atoms with van der Waals surface area (Å²) in [5.74, 6) is -0.184. The van der Waals surface area contributed by atoms with Crippen molar-refractivity contribution < 1.29 is 22.7 Å². The van der Waals surface area contributed by atoms with Gasteiger partial charge in [-0.1, -0.05) is 35.3 Å². The molecule has 5 nitrogen and oxygen atoms in total. The van der Waals surface area contributed by atoms with E-state index >= 15 is 0 Å². The van der Waals surface area contributed by atoms with Crippen molar-refractivity contribution >= 4 is 29.1 Å². The standard InChI is InChI=1S/C26H20Cl2F3N3O2/c1-14-19(23-12-22(25(32)35)33-34(23)2)11-21(28)20(13-36-18-8-6-17(27)7-9-18)24(14)15-4-3-5-16(10-15)26(29,30)31/h3-12H,13H2,1-2H3,(H2,32,35). The third kappa shape index (κ3) is 5.20. The number of nitrogens with zero attached hydrogens (tertiary/aromatic N) is 2. The van der Waals surface area contributed by atoms with Gasteiger partial charge >= 0.3 is 6.18 Å². The van der Waals surface area contributed by atoms with E-state index in [2.05, 4.69) is 5.10 Å². The number of primary amides is 1. The summed E-state index contributed by atoms with van der Waals surface area (Å²) in [6, 6.07) is 14.9. The molecule has 4 aromatic rings. The first-order valence-corrected chi connectivity index (χ1v) is 11.4. The van der Waals surface area contributed by atoms with Gasteiger partial charge in [-0.05, 0) is 72.1 Å². The van der Waals surface area contributed by atoms with E-state index in [1.54, 1.807) is 50.4 Å². The van der Waals surface area contributed by atoms with Crippen LogP contribution in [0.15, 0.2) is 60.7 Å². The molecule has 0 unspecified atom stereocenters. The summed E-state index contributed by atoms with van der Waals surface area (Å²) in [7, 11) is 1.64. The number of carbonyl (C=O) groups excluding carboxylic acids is 1. The van der Waals surface area contributed by atoms with Crippen molar-refractivity contribution in [2.24, 2.45) is 12.8 Å². The maximum absolute atomic E-state index is 13.5. The SMILES string of the molecule is Cc1c(-c2cc(C(N)=O)nn2C)cc(Cl)c(COc2ccc(Cl)cc2)c1-c1cccc(C(F)(F)F)c1. The van der Waals surface area contributed by atoms with Gasteiger partial charge in [0.25, 0.3) is 5.91 Å². The second-order valence-electron chi connectivity index (χ2n) is 8.11. The van der Waals surface area contributed by atoms with E-state index in [-0.39, 0.29) is 17.3 Å². The first-order chi connectivity index (χ1) is 17.0. The average molecular weight is 534 g/mol. The molecule has 1 amide bonds. The second-order valence-corrected chi connectivity index (χ2v) is 8.95. The molecule has 0 aliphatic carbocycles. The Balaban J connectivity index is 1.90. The van der Waals surface area contributed by atoms with Crippen molar-refractivity contribution in [3.05, 3.63) is 93.1 Å². The van der Waals surface area contributed by atoms with E-state index in [0.29, 0.717) is 44.3 Å². The Bertz CT molecular complexity index is 1450. The second kappa shape index (κ2) is 9.87. The number of ether oxygens (including phenoxy) is 1. The Morgan fingerprint density at radius 2 is 1.78 bits per heavy atom. The quantitative estimate of drug-likeness (QED) is 0.288. The molecular weight excluding hydrogens is 514 g/mol. The lowest BCUT2D eigenvalue weighted by Gasteiger charge is -2.20. The van der Waals surface area contributed by atoms with Gasteiger partial charge in [0.1, 0.15) is 12.4 Å². The molecule has 3 aromatic carbocycles. The van der Waals surface area contributed by atoms with Gasteiger partial charge in [-0.2, -0.15) is 18.3 Å². The van der Waals surface area contributed by atoms with Crippen LogP contribution in [0, 0.1) is 6.92 Å². The third-order valence-electron chi connectivity index (χ3n) is 5.72. The molecule has 36 heavy (non-hydrogen) atoms. The Morgan fingerprint density at radius 3 is 2.39 bits per heavy atom. The molecule has 186 valence electrons. The molecule has 0 radical (unpaired) electrons. The molecule has 0 saturated carbocycles. The molecule has 0 atom stereocenters. The van der Waals surface area contributed by atoms with Crippen LogP contribution in [0.4, 0.5) is 13.2 Å². The fraction of sp³-hybridized carbons (Fsp3) is 0.154. The number of rotatable bonds is 6. The molecule has 0 spiro atoms. The summed E-state index contributed by atoms with van der Waals surface area (Å²) in [6.07, 6.45) is -4.52. The monoisotopic (exact) mass is 533 g/mol. The van der Waals surface area contributed by atoms with Crippen LogP contribution in [0.25, 0.3) is 22.4 Å². The maximum atomic E-state index is 13.5. The van der Waals surface area contributed by atoms with E-state index in [9.17, 15) is 18.0 Å². The third-order valence-corrected chi connectivity index (χ3v) is 6.31. The first kappa shape index (κ1) is 25.6. The summed E-state index contributed by atoms with van der Waals surface area (Å²) >= 11 is 12.6. The zero-order valence-corrected chi connectivity index (χ0v) is 20.7. The topological polar surface area (TPSA) is 70.1 Å². The van der Waals surface area contributed by atoms with Gasteiger partial charge in [-0.25, -0.2) is 0 Å². The van der Waals surface area contributed by atoms with Gasteiger partial charge in [-0.3, -0.25) is 9.48 Å². The van der Waals surface area contributed by atoms with Crippen molar-refractivity contribution in [2.45, 2.75) is 19.7 Å². The Labute approximate surface area is 215 Å². The number of alkyl halides is 3. The van der Waals surface area contributed by atoms with Crippen LogP contribution in [0.3, 0.4) is 0 Å². The molecule has 0 saturated heterocycles. The number of halogens is 5. The maximum Gasteiger partial charge on any atom is 0.416 e. The molecule has 0 aliphatic heterocycles. The van der Waals surface area contributed by atoms with Gasteiger partial charge in [0.15, 0.2) is 5.69 Å².